The fraction of sp³-hybridized carbons (Fsp3) is 0.0545. The number of benzene rings is 9. The van der Waals surface area contributed by atoms with Crippen LogP contribution in [-0.4, -0.2) is 14.5 Å². The molecular weight excluding hydrogens is 735 g/mol. The lowest BCUT2D eigenvalue weighted by Crippen LogP contribution is -2.04. The third-order valence-electron chi connectivity index (χ3n) is 11.4. The zero-order chi connectivity index (χ0) is 39.5. The number of hydrogen-bond donors (Lipinski definition) is 0. The molecule has 0 aliphatic heterocycles. The molecule has 12 rings (SSSR count). The Bertz CT molecular complexity index is 3560. The van der Waals surface area contributed by atoms with Crippen molar-refractivity contribution in [1.29, 1.82) is 0 Å². The average molecular weight is 774 g/mol. The molecule has 0 radical (unpaired) electrons. The van der Waals surface area contributed by atoms with Gasteiger partial charge in [0.05, 0.1) is 22.4 Å². The Labute approximate surface area is 346 Å². The molecule has 0 spiro atoms. The van der Waals surface area contributed by atoms with Gasteiger partial charge in [-0.25, -0.2) is 9.97 Å². The zero-order valence-electron chi connectivity index (χ0n) is 32.9. The van der Waals surface area contributed by atoms with E-state index in [9.17, 15) is 0 Å². The molecule has 0 unspecified atom stereocenters. The maximum absolute atomic E-state index is 5.46. The molecule has 3 nitrogen and oxygen atoms in total. The first-order valence-electron chi connectivity index (χ1n) is 20.4. The van der Waals surface area contributed by atoms with Gasteiger partial charge >= 0.3 is 0 Å². The number of fused-ring (bicyclic) bond motifs is 10. The van der Waals surface area contributed by atoms with Crippen molar-refractivity contribution in [3.8, 4) is 39.6 Å². The number of aromatic nitrogens is 3. The molecular formula is C55H39N3S. The summed E-state index contributed by atoms with van der Waals surface area (Å²) in [7, 11) is 0. The van der Waals surface area contributed by atoms with Crippen molar-refractivity contribution in [2.24, 2.45) is 0 Å². The summed E-state index contributed by atoms with van der Waals surface area (Å²) in [5, 5.41) is 12.3. The molecule has 280 valence electrons. The van der Waals surface area contributed by atoms with Gasteiger partial charge in [-0.15, -0.1) is 11.3 Å². The molecule has 0 atom stereocenters. The average Bonchev–Trinajstić information content (AvgIpc) is 3.84. The molecule has 0 aliphatic rings. The van der Waals surface area contributed by atoms with E-state index in [1.165, 1.54) is 75.2 Å². The highest BCUT2D eigenvalue weighted by molar-refractivity contribution is 7.26. The van der Waals surface area contributed by atoms with Gasteiger partial charge in [0, 0.05) is 47.6 Å². The lowest BCUT2D eigenvalue weighted by atomic mass is 9.99. The van der Waals surface area contributed by atoms with Crippen LogP contribution < -0.4 is 0 Å². The second-order valence-corrected chi connectivity index (χ2v) is 16.4. The molecule has 0 saturated heterocycles. The Morgan fingerprint density at radius 2 is 1.05 bits per heavy atom. The Morgan fingerprint density at radius 3 is 1.85 bits per heavy atom. The van der Waals surface area contributed by atoms with Crippen molar-refractivity contribution in [3.63, 3.8) is 0 Å². The van der Waals surface area contributed by atoms with Crippen molar-refractivity contribution in [3.05, 3.63) is 188 Å². The van der Waals surface area contributed by atoms with Crippen LogP contribution in [0.5, 0.6) is 0 Å². The van der Waals surface area contributed by atoms with Crippen molar-refractivity contribution >= 4 is 85.6 Å². The fourth-order valence-electron chi connectivity index (χ4n) is 8.69. The quantitative estimate of drug-likeness (QED) is 0.178. The molecule has 4 heteroatoms. The van der Waals surface area contributed by atoms with Gasteiger partial charge in [0.2, 0.25) is 5.95 Å². The molecule has 0 amide bonds. The Kier molecular flexibility index (Phi) is 8.53. The molecule has 9 aromatic carbocycles. The Morgan fingerprint density at radius 1 is 0.424 bits per heavy atom. The molecule has 12 aromatic rings. The van der Waals surface area contributed by atoms with Gasteiger partial charge in [-0.1, -0.05) is 172 Å². The first-order valence-corrected chi connectivity index (χ1v) is 21.2. The molecule has 0 aliphatic carbocycles. The third kappa shape index (κ3) is 5.95. The normalized spacial score (nSPS) is 11.6. The van der Waals surface area contributed by atoms with E-state index in [0.717, 1.165) is 39.1 Å². The van der Waals surface area contributed by atoms with Gasteiger partial charge in [0.1, 0.15) is 0 Å². The lowest BCUT2D eigenvalue weighted by molar-refractivity contribution is 0.997. The standard InChI is InChI=1S/C52H31N3S.C3H8/c1-2-13-34(14-3-1)45-31-46(39-22-21-32-11-4-5-15-35(32)27-39)54-52(53-45)55-47-29-37-17-7-6-16-36(37)28-44(47)42-20-10-19-41(51(42)55)38-23-25-43-49(30-38)56-48-26-24-33-12-8-9-18-40(33)50(43)48;1-3-2/h1-31H;3H2,1-2H3. The summed E-state index contributed by atoms with van der Waals surface area (Å²) in [5.74, 6) is 0.645. The molecule has 3 aromatic heterocycles. The number of thiophene rings is 1. The first-order chi connectivity index (χ1) is 29.1. The maximum Gasteiger partial charge on any atom is 0.235 e. The summed E-state index contributed by atoms with van der Waals surface area (Å²) >= 11 is 1.87. The Hall–Kier alpha value is -7.14. The highest BCUT2D eigenvalue weighted by Crippen LogP contribution is 2.43. The maximum atomic E-state index is 5.46. The van der Waals surface area contributed by atoms with Gasteiger partial charge in [-0.2, -0.15) is 0 Å². The van der Waals surface area contributed by atoms with Crippen molar-refractivity contribution < 1.29 is 0 Å². The topological polar surface area (TPSA) is 30.7 Å². The van der Waals surface area contributed by atoms with Gasteiger partial charge < -0.3 is 0 Å². The number of para-hydroxylation sites is 1. The minimum atomic E-state index is 0.645. The summed E-state index contributed by atoms with van der Waals surface area (Å²) in [5.41, 5.74) is 8.35. The zero-order valence-corrected chi connectivity index (χ0v) is 33.7. The summed E-state index contributed by atoms with van der Waals surface area (Å²) in [6, 6.07) is 67.9. The van der Waals surface area contributed by atoms with Crippen LogP contribution in [0.2, 0.25) is 0 Å². The van der Waals surface area contributed by atoms with Gasteiger partial charge in [-0.3, -0.25) is 4.57 Å². The minimum absolute atomic E-state index is 0.645. The second-order valence-electron chi connectivity index (χ2n) is 15.3. The van der Waals surface area contributed by atoms with E-state index >= 15 is 0 Å². The van der Waals surface area contributed by atoms with E-state index in [-0.39, 0.29) is 0 Å². The predicted octanol–water partition coefficient (Wildman–Crippen LogP) is 15.8. The molecule has 0 fully saturated rings. The van der Waals surface area contributed by atoms with E-state index in [2.05, 4.69) is 206 Å². The van der Waals surface area contributed by atoms with Crippen LogP contribution in [0.1, 0.15) is 20.3 Å². The van der Waals surface area contributed by atoms with E-state index in [1.54, 1.807) is 0 Å². The third-order valence-corrected chi connectivity index (χ3v) is 12.5. The van der Waals surface area contributed by atoms with Crippen LogP contribution in [0.3, 0.4) is 0 Å². The number of hydrogen-bond acceptors (Lipinski definition) is 3. The van der Waals surface area contributed by atoms with Crippen LogP contribution in [0.15, 0.2) is 188 Å². The number of rotatable bonds is 4. The lowest BCUT2D eigenvalue weighted by Gasteiger charge is -2.14. The SMILES string of the molecule is CCC.c1ccc(-c2cc(-c3ccc4ccccc4c3)nc(-n3c4cc5ccccc5cc4c4cccc(-c5ccc6c(c5)sc5ccc7ccccc7c56)c43)n2)cc1. The predicted molar refractivity (Wildman–Crippen MR) is 254 cm³/mol. The highest BCUT2D eigenvalue weighted by atomic mass is 32.1. The molecule has 59 heavy (non-hydrogen) atoms. The molecule has 0 saturated carbocycles. The van der Waals surface area contributed by atoms with E-state index in [0.29, 0.717) is 5.95 Å². The molecule has 0 N–H and O–H groups in total. The van der Waals surface area contributed by atoms with Crippen molar-refractivity contribution in [1.82, 2.24) is 14.5 Å². The smallest absolute Gasteiger partial charge is 0.235 e. The summed E-state index contributed by atoms with van der Waals surface area (Å²) in [6.45, 7) is 4.25. The summed E-state index contributed by atoms with van der Waals surface area (Å²) < 4.78 is 4.90. The van der Waals surface area contributed by atoms with Crippen LogP contribution in [0.4, 0.5) is 0 Å². The van der Waals surface area contributed by atoms with Crippen LogP contribution >= 0.6 is 11.3 Å². The second kappa shape index (κ2) is 14.4. The summed E-state index contributed by atoms with van der Waals surface area (Å²) in [4.78, 5) is 10.9. The molecule has 3 heterocycles. The minimum Gasteiger partial charge on any atom is -0.277 e. The van der Waals surface area contributed by atoms with Gasteiger partial charge in [-0.05, 0) is 74.3 Å². The van der Waals surface area contributed by atoms with E-state index < -0.39 is 0 Å². The fourth-order valence-corrected chi connectivity index (χ4v) is 9.85. The largest absolute Gasteiger partial charge is 0.277 e. The highest BCUT2D eigenvalue weighted by Gasteiger charge is 2.21. The van der Waals surface area contributed by atoms with Gasteiger partial charge in [0.15, 0.2) is 0 Å². The van der Waals surface area contributed by atoms with Crippen LogP contribution in [0.25, 0.3) is 114 Å². The van der Waals surface area contributed by atoms with E-state index in [4.69, 9.17) is 9.97 Å². The van der Waals surface area contributed by atoms with Crippen LogP contribution in [0, 0.1) is 0 Å². The van der Waals surface area contributed by atoms with Crippen molar-refractivity contribution in [2.45, 2.75) is 20.3 Å². The van der Waals surface area contributed by atoms with Crippen molar-refractivity contribution in [2.75, 3.05) is 0 Å². The van der Waals surface area contributed by atoms with Crippen LogP contribution in [-0.2, 0) is 0 Å². The number of nitrogens with zero attached hydrogens (tertiary/aromatic N) is 3. The van der Waals surface area contributed by atoms with Gasteiger partial charge in [0.25, 0.3) is 0 Å². The monoisotopic (exact) mass is 773 g/mol. The van der Waals surface area contributed by atoms with E-state index in [1.807, 2.05) is 11.3 Å². The Balaban J connectivity index is 0.00000129. The first kappa shape index (κ1) is 35.1. The summed E-state index contributed by atoms with van der Waals surface area (Å²) in [6.07, 6.45) is 1.25. The molecule has 0 bridgehead atoms.